The van der Waals surface area contributed by atoms with Gasteiger partial charge < -0.3 is 5.32 Å². The number of para-hydroxylation sites is 1. The first-order valence-corrected chi connectivity index (χ1v) is 8.40. The van der Waals surface area contributed by atoms with Gasteiger partial charge in [0.05, 0.1) is 15.7 Å². The van der Waals surface area contributed by atoms with E-state index < -0.39 is 0 Å². The van der Waals surface area contributed by atoms with Gasteiger partial charge in [-0.2, -0.15) is 5.10 Å². The highest BCUT2D eigenvalue weighted by Gasteiger charge is 2.12. The molecule has 0 aliphatic carbocycles. The number of halogens is 1. The molecule has 0 bridgehead atoms. The van der Waals surface area contributed by atoms with Crippen LogP contribution in [0.2, 0.25) is 4.34 Å². The minimum absolute atomic E-state index is 0.806. The lowest BCUT2D eigenvalue weighted by atomic mass is 10.2. The first-order valence-electron chi connectivity index (χ1n) is 7.20. The molecule has 1 aromatic carbocycles. The van der Waals surface area contributed by atoms with E-state index in [9.17, 15) is 0 Å². The minimum Gasteiger partial charge on any atom is -0.308 e. The number of aromatic nitrogens is 2. The molecule has 0 fully saturated rings. The van der Waals surface area contributed by atoms with Crippen LogP contribution in [-0.4, -0.2) is 9.78 Å². The van der Waals surface area contributed by atoms with Crippen LogP contribution in [0.4, 0.5) is 0 Å². The summed E-state index contributed by atoms with van der Waals surface area (Å²) in [6.45, 7) is 5.81. The molecule has 114 valence electrons. The maximum Gasteiger partial charge on any atom is 0.0931 e. The molecular formula is C17H18ClN3S. The Hall–Kier alpha value is -1.62. The van der Waals surface area contributed by atoms with Crippen LogP contribution in [0.25, 0.3) is 5.69 Å². The third-order valence-electron chi connectivity index (χ3n) is 3.67. The summed E-state index contributed by atoms with van der Waals surface area (Å²) in [5.74, 6) is 0. The summed E-state index contributed by atoms with van der Waals surface area (Å²) in [7, 11) is 0. The second-order valence-electron chi connectivity index (χ2n) is 5.21. The van der Waals surface area contributed by atoms with Crippen LogP contribution in [0.15, 0.2) is 42.5 Å². The summed E-state index contributed by atoms with van der Waals surface area (Å²) in [5, 5.41) is 8.14. The number of nitrogens with one attached hydrogen (secondary N) is 1. The van der Waals surface area contributed by atoms with Crippen LogP contribution < -0.4 is 5.32 Å². The molecule has 0 radical (unpaired) electrons. The first kappa shape index (κ1) is 15.3. The summed E-state index contributed by atoms with van der Waals surface area (Å²) in [6.07, 6.45) is 0. The van der Waals surface area contributed by atoms with Gasteiger partial charge in [0.15, 0.2) is 0 Å². The van der Waals surface area contributed by atoms with Gasteiger partial charge in [-0.05, 0) is 38.1 Å². The molecule has 3 nitrogen and oxygen atoms in total. The summed E-state index contributed by atoms with van der Waals surface area (Å²) in [4.78, 5) is 1.25. The average molecular weight is 332 g/mol. The maximum absolute atomic E-state index is 5.96. The van der Waals surface area contributed by atoms with Crippen molar-refractivity contribution in [3.8, 4) is 5.69 Å². The highest BCUT2D eigenvalue weighted by Crippen LogP contribution is 2.22. The molecule has 22 heavy (non-hydrogen) atoms. The van der Waals surface area contributed by atoms with E-state index in [2.05, 4.69) is 42.5 Å². The quantitative estimate of drug-likeness (QED) is 0.746. The number of aryl methyl sites for hydroxylation is 1. The Morgan fingerprint density at radius 1 is 1.09 bits per heavy atom. The molecule has 1 N–H and O–H groups in total. The van der Waals surface area contributed by atoms with Gasteiger partial charge in [0.1, 0.15) is 0 Å². The molecule has 2 heterocycles. The lowest BCUT2D eigenvalue weighted by Crippen LogP contribution is -2.13. The van der Waals surface area contributed by atoms with Gasteiger partial charge >= 0.3 is 0 Å². The Bertz CT molecular complexity index is 762. The second-order valence-corrected chi connectivity index (χ2v) is 7.01. The molecule has 3 aromatic rings. The Balaban J connectivity index is 1.73. The summed E-state index contributed by atoms with van der Waals surface area (Å²) in [6, 6.07) is 14.2. The summed E-state index contributed by atoms with van der Waals surface area (Å²) >= 11 is 7.57. The van der Waals surface area contributed by atoms with E-state index in [-0.39, 0.29) is 0 Å². The number of hydrogen-bond donors (Lipinski definition) is 1. The Labute approximate surface area is 139 Å². The Kier molecular flexibility index (Phi) is 4.62. The topological polar surface area (TPSA) is 29.9 Å². The van der Waals surface area contributed by atoms with E-state index >= 15 is 0 Å². The molecule has 0 spiro atoms. The molecule has 0 atom stereocenters. The van der Waals surface area contributed by atoms with E-state index in [4.69, 9.17) is 11.6 Å². The van der Waals surface area contributed by atoms with Crippen molar-refractivity contribution < 1.29 is 0 Å². The molecule has 0 amide bonds. The fourth-order valence-electron chi connectivity index (χ4n) is 2.51. The third-order valence-corrected chi connectivity index (χ3v) is 4.90. The van der Waals surface area contributed by atoms with Gasteiger partial charge in [-0.15, -0.1) is 11.3 Å². The van der Waals surface area contributed by atoms with Crippen molar-refractivity contribution >= 4 is 22.9 Å². The van der Waals surface area contributed by atoms with Gasteiger partial charge in [0.25, 0.3) is 0 Å². The van der Waals surface area contributed by atoms with Gasteiger partial charge in [-0.1, -0.05) is 29.8 Å². The second kappa shape index (κ2) is 6.65. The van der Waals surface area contributed by atoms with E-state index in [1.807, 2.05) is 28.9 Å². The van der Waals surface area contributed by atoms with Crippen LogP contribution in [0.1, 0.15) is 21.8 Å². The largest absolute Gasteiger partial charge is 0.308 e. The van der Waals surface area contributed by atoms with E-state index in [0.29, 0.717) is 0 Å². The molecule has 5 heteroatoms. The van der Waals surface area contributed by atoms with Crippen LogP contribution >= 0.6 is 22.9 Å². The Morgan fingerprint density at radius 3 is 2.55 bits per heavy atom. The van der Waals surface area contributed by atoms with Crippen LogP contribution in [0.5, 0.6) is 0 Å². The number of hydrogen-bond acceptors (Lipinski definition) is 3. The van der Waals surface area contributed by atoms with Crippen molar-refractivity contribution in [1.82, 2.24) is 15.1 Å². The SMILES string of the molecule is Cc1nn(-c2ccccc2)c(C)c1CNCc1ccc(Cl)s1. The molecule has 0 saturated heterocycles. The van der Waals surface area contributed by atoms with E-state index in [0.717, 1.165) is 28.8 Å². The van der Waals surface area contributed by atoms with Crippen molar-refractivity contribution in [1.29, 1.82) is 0 Å². The number of nitrogens with zero attached hydrogens (tertiary/aromatic N) is 2. The first-order chi connectivity index (χ1) is 10.6. The molecule has 0 aliphatic heterocycles. The van der Waals surface area contributed by atoms with Crippen LogP contribution in [0, 0.1) is 13.8 Å². The van der Waals surface area contributed by atoms with Crippen molar-refractivity contribution in [2.24, 2.45) is 0 Å². The Morgan fingerprint density at radius 2 is 1.86 bits per heavy atom. The van der Waals surface area contributed by atoms with Gasteiger partial charge in [0, 0.05) is 29.2 Å². The zero-order valence-electron chi connectivity index (χ0n) is 12.6. The molecule has 0 saturated carbocycles. The van der Waals surface area contributed by atoms with E-state index in [1.54, 1.807) is 11.3 Å². The van der Waals surface area contributed by atoms with Crippen molar-refractivity contribution in [3.05, 3.63) is 68.6 Å². The average Bonchev–Trinajstić information content (AvgIpc) is 3.06. The number of thiophene rings is 1. The predicted octanol–water partition coefficient (Wildman–Crippen LogP) is 4.49. The fourth-order valence-corrected chi connectivity index (χ4v) is 3.57. The van der Waals surface area contributed by atoms with Gasteiger partial charge in [0.2, 0.25) is 0 Å². The van der Waals surface area contributed by atoms with Gasteiger partial charge in [-0.25, -0.2) is 4.68 Å². The third kappa shape index (κ3) is 3.24. The van der Waals surface area contributed by atoms with Crippen molar-refractivity contribution in [2.45, 2.75) is 26.9 Å². The monoisotopic (exact) mass is 331 g/mol. The highest BCUT2D eigenvalue weighted by atomic mass is 35.5. The van der Waals surface area contributed by atoms with Crippen molar-refractivity contribution in [2.75, 3.05) is 0 Å². The molecule has 0 unspecified atom stereocenters. The normalized spacial score (nSPS) is 11.0. The number of benzene rings is 1. The zero-order valence-corrected chi connectivity index (χ0v) is 14.2. The summed E-state index contributed by atoms with van der Waals surface area (Å²) < 4.78 is 2.84. The smallest absolute Gasteiger partial charge is 0.0931 e. The molecule has 2 aromatic heterocycles. The standard InChI is InChI=1S/C17H18ClN3S/c1-12-16(11-19-10-15-8-9-17(18)22-15)13(2)21(20-12)14-6-4-3-5-7-14/h3-9,19H,10-11H2,1-2H3. The lowest BCUT2D eigenvalue weighted by molar-refractivity contribution is 0.694. The summed E-state index contributed by atoms with van der Waals surface area (Å²) in [5.41, 5.74) is 4.60. The van der Waals surface area contributed by atoms with Crippen LogP contribution in [-0.2, 0) is 13.1 Å². The molecule has 0 aliphatic rings. The fraction of sp³-hybridized carbons (Fsp3) is 0.235. The minimum atomic E-state index is 0.806. The molecule has 3 rings (SSSR count). The lowest BCUT2D eigenvalue weighted by Gasteiger charge is -2.06. The maximum atomic E-state index is 5.96. The predicted molar refractivity (Wildman–Crippen MR) is 92.9 cm³/mol. The van der Waals surface area contributed by atoms with E-state index in [1.165, 1.54) is 16.1 Å². The number of rotatable bonds is 5. The highest BCUT2D eigenvalue weighted by molar-refractivity contribution is 7.16. The molecular weight excluding hydrogens is 314 g/mol. The van der Waals surface area contributed by atoms with Crippen LogP contribution in [0.3, 0.4) is 0 Å². The van der Waals surface area contributed by atoms with Crippen molar-refractivity contribution in [3.63, 3.8) is 0 Å². The zero-order chi connectivity index (χ0) is 15.5. The van der Waals surface area contributed by atoms with Gasteiger partial charge in [-0.3, -0.25) is 0 Å².